The molecule has 2 N–H and O–H groups in total. The van der Waals surface area contributed by atoms with Crippen molar-refractivity contribution in [2.75, 3.05) is 10.6 Å². The standard InChI is InChI=1S/C16H12FN3OS/c17-13-9-5-4-8-12(13)15(21)20-14-10-18-16(22-14)19-11-6-2-1-3-7-11/h1-10H,(H,18,19)(H,20,21). The number of amides is 1. The van der Waals surface area contributed by atoms with E-state index in [0.29, 0.717) is 10.1 Å². The fraction of sp³-hybridized carbons (Fsp3) is 0. The van der Waals surface area contributed by atoms with Crippen LogP contribution in [0.25, 0.3) is 0 Å². The summed E-state index contributed by atoms with van der Waals surface area (Å²) in [6.45, 7) is 0. The molecular weight excluding hydrogens is 301 g/mol. The highest BCUT2D eigenvalue weighted by molar-refractivity contribution is 7.19. The molecule has 6 heteroatoms. The number of carbonyl (C=O) groups excluding carboxylic acids is 1. The number of anilines is 3. The zero-order chi connectivity index (χ0) is 15.4. The number of nitrogens with zero attached hydrogens (tertiary/aromatic N) is 1. The highest BCUT2D eigenvalue weighted by atomic mass is 32.1. The van der Waals surface area contributed by atoms with E-state index in [-0.39, 0.29) is 5.56 Å². The molecule has 0 saturated heterocycles. The van der Waals surface area contributed by atoms with E-state index in [1.165, 1.54) is 29.7 Å². The number of para-hydroxylation sites is 1. The molecule has 0 saturated carbocycles. The van der Waals surface area contributed by atoms with Crippen LogP contribution < -0.4 is 10.6 Å². The first-order chi connectivity index (χ1) is 10.7. The maximum absolute atomic E-state index is 13.6. The Morgan fingerprint density at radius 2 is 1.77 bits per heavy atom. The first-order valence-corrected chi connectivity index (χ1v) is 7.38. The number of carbonyl (C=O) groups is 1. The topological polar surface area (TPSA) is 54.0 Å². The Labute approximate surface area is 130 Å². The van der Waals surface area contributed by atoms with Gasteiger partial charge >= 0.3 is 0 Å². The van der Waals surface area contributed by atoms with Crippen molar-refractivity contribution >= 4 is 33.1 Å². The number of thiazole rings is 1. The van der Waals surface area contributed by atoms with Crippen LogP contribution in [0.1, 0.15) is 10.4 Å². The SMILES string of the molecule is O=C(Nc1cnc(Nc2ccccc2)s1)c1ccccc1F. The minimum absolute atomic E-state index is 0.00784. The van der Waals surface area contributed by atoms with Gasteiger partial charge in [-0.2, -0.15) is 0 Å². The molecule has 0 fully saturated rings. The number of nitrogens with one attached hydrogen (secondary N) is 2. The van der Waals surface area contributed by atoms with Crippen LogP contribution >= 0.6 is 11.3 Å². The van der Waals surface area contributed by atoms with E-state index in [0.717, 1.165) is 5.69 Å². The van der Waals surface area contributed by atoms with Crippen molar-refractivity contribution in [3.05, 3.63) is 72.2 Å². The third-order valence-electron chi connectivity index (χ3n) is 2.89. The molecule has 110 valence electrons. The van der Waals surface area contributed by atoms with Gasteiger partial charge in [0.25, 0.3) is 5.91 Å². The molecule has 3 rings (SSSR count). The minimum Gasteiger partial charge on any atom is -0.331 e. The number of benzene rings is 2. The summed E-state index contributed by atoms with van der Waals surface area (Å²) in [5.74, 6) is -1.04. The van der Waals surface area contributed by atoms with Crippen LogP contribution in [0.5, 0.6) is 0 Å². The van der Waals surface area contributed by atoms with Gasteiger partial charge in [-0.1, -0.05) is 41.7 Å². The second kappa shape index (κ2) is 6.36. The maximum atomic E-state index is 13.6. The number of halogens is 1. The average molecular weight is 313 g/mol. The molecule has 2 aromatic carbocycles. The fourth-order valence-corrected chi connectivity index (χ4v) is 2.59. The Morgan fingerprint density at radius 3 is 2.55 bits per heavy atom. The fourth-order valence-electron chi connectivity index (χ4n) is 1.86. The monoisotopic (exact) mass is 313 g/mol. The highest BCUT2D eigenvalue weighted by Crippen LogP contribution is 2.26. The number of aromatic nitrogens is 1. The zero-order valence-electron chi connectivity index (χ0n) is 11.4. The Kier molecular flexibility index (Phi) is 4.11. The molecule has 1 amide bonds. The molecule has 4 nitrogen and oxygen atoms in total. The average Bonchev–Trinajstić information content (AvgIpc) is 2.95. The summed E-state index contributed by atoms with van der Waals surface area (Å²) in [6, 6.07) is 15.4. The Bertz CT molecular complexity index is 789. The van der Waals surface area contributed by atoms with Gasteiger partial charge < -0.3 is 10.6 Å². The summed E-state index contributed by atoms with van der Waals surface area (Å²) in [7, 11) is 0. The Hall–Kier alpha value is -2.73. The van der Waals surface area contributed by atoms with Gasteiger partial charge in [-0.3, -0.25) is 4.79 Å². The highest BCUT2D eigenvalue weighted by Gasteiger charge is 2.12. The molecule has 0 unspecified atom stereocenters. The molecule has 0 atom stereocenters. The van der Waals surface area contributed by atoms with Crippen LogP contribution in [0.2, 0.25) is 0 Å². The molecule has 0 aliphatic heterocycles. The first kappa shape index (κ1) is 14.2. The van der Waals surface area contributed by atoms with E-state index in [1.54, 1.807) is 12.1 Å². The van der Waals surface area contributed by atoms with Crippen LogP contribution in [0.4, 0.5) is 20.2 Å². The van der Waals surface area contributed by atoms with Gasteiger partial charge in [0.05, 0.1) is 11.8 Å². The molecule has 0 aliphatic rings. The Morgan fingerprint density at radius 1 is 1.05 bits per heavy atom. The second-order valence-corrected chi connectivity index (χ2v) is 5.49. The summed E-state index contributed by atoms with van der Waals surface area (Å²) in [6.07, 6.45) is 1.54. The van der Waals surface area contributed by atoms with Gasteiger partial charge in [0.1, 0.15) is 10.8 Å². The molecule has 22 heavy (non-hydrogen) atoms. The lowest BCUT2D eigenvalue weighted by Crippen LogP contribution is -2.12. The molecular formula is C16H12FN3OS. The summed E-state index contributed by atoms with van der Waals surface area (Å²) < 4.78 is 13.6. The van der Waals surface area contributed by atoms with Crippen molar-refractivity contribution in [1.82, 2.24) is 4.98 Å². The van der Waals surface area contributed by atoms with Crippen LogP contribution in [-0.4, -0.2) is 10.9 Å². The normalized spacial score (nSPS) is 10.2. The third kappa shape index (κ3) is 3.29. The van der Waals surface area contributed by atoms with Crippen molar-refractivity contribution in [3.63, 3.8) is 0 Å². The lowest BCUT2D eigenvalue weighted by Gasteiger charge is -2.03. The van der Waals surface area contributed by atoms with Crippen molar-refractivity contribution in [2.24, 2.45) is 0 Å². The number of hydrogen-bond donors (Lipinski definition) is 2. The van der Waals surface area contributed by atoms with E-state index < -0.39 is 11.7 Å². The molecule has 0 bridgehead atoms. The van der Waals surface area contributed by atoms with Crippen molar-refractivity contribution in [3.8, 4) is 0 Å². The lowest BCUT2D eigenvalue weighted by molar-refractivity contribution is 0.102. The van der Waals surface area contributed by atoms with Crippen LogP contribution in [-0.2, 0) is 0 Å². The van der Waals surface area contributed by atoms with Gasteiger partial charge in [0, 0.05) is 5.69 Å². The summed E-state index contributed by atoms with van der Waals surface area (Å²) >= 11 is 1.28. The quantitative estimate of drug-likeness (QED) is 0.756. The van der Waals surface area contributed by atoms with E-state index >= 15 is 0 Å². The molecule has 0 aliphatic carbocycles. The number of rotatable bonds is 4. The van der Waals surface area contributed by atoms with Crippen LogP contribution in [0.3, 0.4) is 0 Å². The first-order valence-electron chi connectivity index (χ1n) is 6.56. The summed E-state index contributed by atoms with van der Waals surface area (Å²) in [5.41, 5.74) is 0.914. The minimum atomic E-state index is -0.549. The Balaban J connectivity index is 1.69. The zero-order valence-corrected chi connectivity index (χ0v) is 12.2. The van der Waals surface area contributed by atoms with E-state index in [2.05, 4.69) is 15.6 Å². The molecule has 3 aromatic rings. The van der Waals surface area contributed by atoms with Crippen LogP contribution in [0.15, 0.2) is 60.8 Å². The van der Waals surface area contributed by atoms with Gasteiger partial charge in [-0.15, -0.1) is 0 Å². The predicted molar refractivity (Wildman–Crippen MR) is 86.2 cm³/mol. The second-order valence-electron chi connectivity index (χ2n) is 4.45. The van der Waals surface area contributed by atoms with Crippen LogP contribution in [0, 0.1) is 5.82 Å². The molecule has 0 spiro atoms. The lowest BCUT2D eigenvalue weighted by atomic mass is 10.2. The number of hydrogen-bond acceptors (Lipinski definition) is 4. The largest absolute Gasteiger partial charge is 0.331 e. The van der Waals surface area contributed by atoms with Crippen molar-refractivity contribution in [2.45, 2.75) is 0 Å². The molecule has 1 heterocycles. The summed E-state index contributed by atoms with van der Waals surface area (Å²) in [4.78, 5) is 16.2. The smallest absolute Gasteiger partial charge is 0.259 e. The van der Waals surface area contributed by atoms with Crippen molar-refractivity contribution in [1.29, 1.82) is 0 Å². The summed E-state index contributed by atoms with van der Waals surface area (Å²) in [5, 5.41) is 6.97. The third-order valence-corrected chi connectivity index (χ3v) is 3.71. The van der Waals surface area contributed by atoms with E-state index in [4.69, 9.17) is 0 Å². The van der Waals surface area contributed by atoms with E-state index in [9.17, 15) is 9.18 Å². The van der Waals surface area contributed by atoms with Crippen molar-refractivity contribution < 1.29 is 9.18 Å². The van der Waals surface area contributed by atoms with Gasteiger partial charge in [0.15, 0.2) is 5.13 Å². The molecule has 0 radical (unpaired) electrons. The van der Waals surface area contributed by atoms with Gasteiger partial charge in [-0.05, 0) is 24.3 Å². The van der Waals surface area contributed by atoms with Gasteiger partial charge in [0.2, 0.25) is 0 Å². The predicted octanol–water partition coefficient (Wildman–Crippen LogP) is 4.28. The maximum Gasteiger partial charge on any atom is 0.259 e. The van der Waals surface area contributed by atoms with E-state index in [1.807, 2.05) is 30.3 Å². The molecule has 1 aromatic heterocycles. The van der Waals surface area contributed by atoms with Gasteiger partial charge in [-0.25, -0.2) is 9.37 Å².